The Balaban J connectivity index is 0.00000120. The number of hydrogen-bond acceptors (Lipinski definition) is 4. The molecule has 1 heterocycles. The van der Waals surface area contributed by atoms with Gasteiger partial charge in [-0.3, -0.25) is 0 Å². The fourth-order valence-corrected chi connectivity index (χ4v) is 2.40. The maximum Gasteiger partial charge on any atom is 0.371 e. The largest absolute Gasteiger partial charge is 0.371 e. The maximum atomic E-state index is 10.9. The van der Waals surface area contributed by atoms with Crippen LogP contribution in [-0.4, -0.2) is 9.91 Å². The Morgan fingerprint density at radius 1 is 1.39 bits per heavy atom. The van der Waals surface area contributed by atoms with E-state index < -0.39 is 4.92 Å². The number of pyridine rings is 1. The third-order valence-electron chi connectivity index (χ3n) is 2.90. The Morgan fingerprint density at radius 2 is 2.17 bits per heavy atom. The number of allylic oxidation sites excluding steroid dienone is 6. The van der Waals surface area contributed by atoms with E-state index in [0.717, 1.165) is 28.2 Å². The van der Waals surface area contributed by atoms with E-state index in [9.17, 15) is 10.1 Å². The van der Waals surface area contributed by atoms with Gasteiger partial charge >= 0.3 is 5.82 Å². The molecule has 0 aromatic carbocycles. The molecule has 1 aromatic heterocycles. The van der Waals surface area contributed by atoms with Crippen molar-refractivity contribution < 1.29 is 4.92 Å². The number of hydrogen-bond donors (Lipinski definition) is 1. The molecule has 0 saturated carbocycles. The maximum absolute atomic E-state index is 10.9. The lowest BCUT2D eigenvalue weighted by molar-refractivity contribution is -0.389. The Bertz CT molecular complexity index is 632. The molecule has 0 unspecified atom stereocenters. The van der Waals surface area contributed by atoms with Crippen molar-refractivity contribution in [2.45, 2.75) is 6.42 Å². The van der Waals surface area contributed by atoms with E-state index in [1.165, 1.54) is 6.20 Å². The fraction of sp³-hybridized carbons (Fsp3) is 0.0833. The number of fused-ring (bicyclic) bond motifs is 2. The van der Waals surface area contributed by atoms with E-state index in [-0.39, 0.29) is 12.0 Å². The molecule has 3 N–H and O–H groups in total. The molecule has 6 heteroatoms. The van der Waals surface area contributed by atoms with E-state index in [1.807, 2.05) is 12.2 Å². The molecule has 0 atom stereocenters. The lowest BCUT2D eigenvalue weighted by Gasteiger charge is -2.05. The van der Waals surface area contributed by atoms with E-state index >= 15 is 0 Å². The zero-order chi connectivity index (χ0) is 12.0. The van der Waals surface area contributed by atoms with Gasteiger partial charge in [0.1, 0.15) is 6.20 Å². The van der Waals surface area contributed by atoms with E-state index in [2.05, 4.69) is 4.98 Å². The summed E-state index contributed by atoms with van der Waals surface area (Å²) in [6.45, 7) is 0. The van der Waals surface area contributed by atoms with Crippen LogP contribution in [0.5, 0.6) is 0 Å². The number of aromatic nitrogens is 1. The second-order valence-electron chi connectivity index (χ2n) is 3.91. The average molecular weight is 264 g/mol. The minimum absolute atomic E-state index is 0. The van der Waals surface area contributed by atoms with Crippen LogP contribution in [0, 0.1) is 10.1 Å². The van der Waals surface area contributed by atoms with Gasteiger partial charge in [0.25, 0.3) is 0 Å². The van der Waals surface area contributed by atoms with Gasteiger partial charge in [-0.05, 0) is 57.3 Å². The summed E-state index contributed by atoms with van der Waals surface area (Å²) in [4.78, 5) is 14.3. The van der Waals surface area contributed by atoms with Crippen molar-refractivity contribution in [2.24, 2.45) is 0 Å². The summed E-state index contributed by atoms with van der Waals surface area (Å²) in [6, 6.07) is 3.42. The first-order chi connectivity index (χ1) is 8.16. The van der Waals surface area contributed by atoms with Crippen LogP contribution in [-0.2, 0) is 0 Å². The van der Waals surface area contributed by atoms with Gasteiger partial charge < -0.3 is 16.3 Å². The summed E-state index contributed by atoms with van der Waals surface area (Å²) < 4.78 is 0. The topological polar surface area (TPSA) is 91.0 Å². The first-order valence-electron chi connectivity index (χ1n) is 5.08. The molecule has 2 aliphatic rings. The first-order valence-corrected chi connectivity index (χ1v) is 5.45. The third kappa shape index (κ3) is 1.73. The highest BCUT2D eigenvalue weighted by molar-refractivity contribution is 6.33. The van der Waals surface area contributed by atoms with Gasteiger partial charge in [0, 0.05) is 5.03 Å². The van der Waals surface area contributed by atoms with Gasteiger partial charge in [-0.15, -0.1) is 0 Å². The highest BCUT2D eigenvalue weighted by Gasteiger charge is 2.28. The van der Waals surface area contributed by atoms with Crippen molar-refractivity contribution in [3.63, 3.8) is 0 Å². The molecule has 2 bridgehead atoms. The summed E-state index contributed by atoms with van der Waals surface area (Å²) in [5.41, 5.74) is 3.48. The Labute approximate surface area is 108 Å². The second kappa shape index (κ2) is 4.36. The molecule has 0 saturated heterocycles. The highest BCUT2D eigenvalue weighted by Crippen LogP contribution is 2.45. The Hall–Kier alpha value is -1.98. The van der Waals surface area contributed by atoms with Gasteiger partial charge in [0.05, 0.1) is 5.56 Å². The van der Waals surface area contributed by atoms with E-state index in [0.29, 0.717) is 5.56 Å². The molecule has 0 fully saturated rings. The number of nitrogens with zero attached hydrogens (tertiary/aromatic N) is 2. The van der Waals surface area contributed by atoms with Gasteiger partial charge in [-0.25, -0.2) is 0 Å². The van der Waals surface area contributed by atoms with Crippen molar-refractivity contribution in [2.75, 3.05) is 0 Å². The van der Waals surface area contributed by atoms with Crippen LogP contribution >= 0.6 is 11.6 Å². The molecule has 92 valence electrons. The molecule has 0 spiro atoms. The van der Waals surface area contributed by atoms with Crippen molar-refractivity contribution in [3.8, 4) is 0 Å². The zero-order valence-corrected chi connectivity index (χ0v) is 10.1. The SMILES string of the molecule is N.O=[N+]([O-])c1ncccc1C1=CC2=C(Cl)C=C1C2. The fourth-order valence-electron chi connectivity index (χ4n) is 2.15. The summed E-state index contributed by atoms with van der Waals surface area (Å²) in [5.74, 6) is -0.107. The summed E-state index contributed by atoms with van der Waals surface area (Å²) >= 11 is 5.97. The quantitative estimate of drug-likeness (QED) is 0.654. The highest BCUT2D eigenvalue weighted by atomic mass is 35.5. The zero-order valence-electron chi connectivity index (χ0n) is 9.39. The van der Waals surface area contributed by atoms with Gasteiger partial charge in [0.2, 0.25) is 0 Å². The monoisotopic (exact) mass is 263 g/mol. The van der Waals surface area contributed by atoms with Crippen LogP contribution < -0.4 is 6.15 Å². The Morgan fingerprint density at radius 3 is 2.72 bits per heavy atom. The summed E-state index contributed by atoms with van der Waals surface area (Å²) in [6.07, 6.45) is 5.96. The van der Waals surface area contributed by atoms with Crippen LogP contribution in [0.1, 0.15) is 12.0 Å². The summed E-state index contributed by atoms with van der Waals surface area (Å²) in [7, 11) is 0. The van der Waals surface area contributed by atoms with Gasteiger partial charge in [-0.1, -0.05) is 11.6 Å². The second-order valence-corrected chi connectivity index (χ2v) is 4.32. The molecule has 1 aromatic rings. The molecular formula is C12H10ClN3O2. The lowest BCUT2D eigenvalue weighted by atomic mass is 10.0. The van der Waals surface area contributed by atoms with E-state index in [4.69, 9.17) is 11.6 Å². The third-order valence-corrected chi connectivity index (χ3v) is 3.25. The minimum atomic E-state index is -0.460. The molecule has 0 aliphatic heterocycles. The van der Waals surface area contributed by atoms with Gasteiger partial charge in [-0.2, -0.15) is 0 Å². The van der Waals surface area contributed by atoms with Crippen molar-refractivity contribution in [1.82, 2.24) is 11.1 Å². The van der Waals surface area contributed by atoms with Crippen molar-refractivity contribution in [3.05, 3.63) is 62.3 Å². The molecular weight excluding hydrogens is 254 g/mol. The molecule has 18 heavy (non-hydrogen) atoms. The number of rotatable bonds is 2. The van der Waals surface area contributed by atoms with Crippen LogP contribution in [0.25, 0.3) is 5.57 Å². The lowest BCUT2D eigenvalue weighted by Crippen LogP contribution is -1.98. The van der Waals surface area contributed by atoms with Crippen molar-refractivity contribution >= 4 is 23.0 Å². The van der Waals surface area contributed by atoms with Crippen molar-refractivity contribution in [1.29, 1.82) is 0 Å². The standard InChI is InChI=1S/C12H7ClN2O2.H3N/c13-11-6-7-4-8(11)5-10(7)9-2-1-3-14-12(9)15(16)17;/h1-3,5-6H,4H2;1H3. The normalized spacial score (nSPS) is 16.3. The number of halogens is 1. The van der Waals surface area contributed by atoms with Crippen LogP contribution in [0.2, 0.25) is 0 Å². The summed E-state index contributed by atoms with van der Waals surface area (Å²) in [5, 5.41) is 11.6. The minimum Gasteiger partial charge on any atom is -0.358 e. The smallest absolute Gasteiger partial charge is 0.358 e. The molecule has 3 rings (SSSR count). The molecule has 0 amide bonds. The molecule has 0 radical (unpaired) electrons. The first kappa shape index (κ1) is 12.5. The van der Waals surface area contributed by atoms with Gasteiger partial charge in [0.15, 0.2) is 0 Å². The molecule has 5 nitrogen and oxygen atoms in total. The average Bonchev–Trinajstić information content (AvgIpc) is 2.87. The van der Waals surface area contributed by atoms with Crippen LogP contribution in [0.15, 0.2) is 46.7 Å². The molecule has 2 aliphatic carbocycles. The van der Waals surface area contributed by atoms with E-state index in [1.54, 1.807) is 12.1 Å². The predicted molar refractivity (Wildman–Crippen MR) is 69.5 cm³/mol. The predicted octanol–water partition coefficient (Wildman–Crippen LogP) is 3.37. The van der Waals surface area contributed by atoms with Crippen LogP contribution in [0.3, 0.4) is 0 Å². The van der Waals surface area contributed by atoms with Crippen LogP contribution in [0.4, 0.5) is 5.82 Å². The Kier molecular flexibility index (Phi) is 3.02. The number of nitro groups is 1.